The first-order valence-electron chi connectivity index (χ1n) is 5.32. The van der Waals surface area contributed by atoms with E-state index in [9.17, 15) is 8.42 Å². The lowest BCUT2D eigenvalue weighted by atomic mass is 10.2. The highest BCUT2D eigenvalue weighted by Gasteiger charge is 2.24. The lowest BCUT2D eigenvalue weighted by Gasteiger charge is -2.07. The average Bonchev–Trinajstić information content (AvgIpc) is 2.90. The number of aromatic amines is 1. The molecule has 0 unspecified atom stereocenters. The topological polar surface area (TPSA) is 103 Å². The number of methoxy groups -OCH3 is 1. The minimum Gasteiger partial charge on any atom is -0.383 e. The third-order valence-electron chi connectivity index (χ3n) is 2.52. The zero-order chi connectivity index (χ0) is 14.0. The molecular weight excluding hydrogens is 294 g/mol. The van der Waals surface area contributed by atoms with Crippen LogP contribution in [-0.4, -0.2) is 47.1 Å². The Hall–Kier alpha value is -1.45. The zero-order valence-corrected chi connectivity index (χ0v) is 11.9. The summed E-state index contributed by atoms with van der Waals surface area (Å²) in [6.07, 6.45) is 1.55. The van der Waals surface area contributed by atoms with Crippen molar-refractivity contribution in [1.82, 2.24) is 25.0 Å². The van der Waals surface area contributed by atoms with Gasteiger partial charge in [0.2, 0.25) is 0 Å². The van der Waals surface area contributed by atoms with Gasteiger partial charge in [-0.3, -0.25) is 9.67 Å². The van der Waals surface area contributed by atoms with Gasteiger partial charge in [-0.05, 0) is 6.92 Å². The van der Waals surface area contributed by atoms with E-state index in [-0.39, 0.29) is 11.7 Å². The average molecular weight is 306 g/mol. The summed E-state index contributed by atoms with van der Waals surface area (Å²) in [5, 5.41) is 13.8. The number of halogens is 1. The number of H-pyrrole nitrogens is 1. The predicted molar refractivity (Wildman–Crippen MR) is 67.3 cm³/mol. The lowest BCUT2D eigenvalue weighted by Crippen LogP contribution is -2.11. The van der Waals surface area contributed by atoms with Gasteiger partial charge < -0.3 is 4.74 Å². The van der Waals surface area contributed by atoms with Crippen LogP contribution < -0.4 is 0 Å². The van der Waals surface area contributed by atoms with E-state index in [2.05, 4.69) is 20.4 Å². The molecule has 10 heteroatoms. The highest BCUT2D eigenvalue weighted by Crippen LogP contribution is 2.23. The number of aryl methyl sites for hydroxylation is 1. The van der Waals surface area contributed by atoms with Gasteiger partial charge in [0, 0.05) is 23.5 Å². The maximum atomic E-state index is 11.5. The van der Waals surface area contributed by atoms with Crippen LogP contribution in [0.3, 0.4) is 0 Å². The van der Waals surface area contributed by atoms with Crippen LogP contribution >= 0.6 is 10.7 Å². The molecule has 0 aliphatic rings. The fraction of sp³-hybridized carbons (Fsp3) is 0.444. The van der Waals surface area contributed by atoms with Crippen molar-refractivity contribution < 1.29 is 13.2 Å². The Balaban J connectivity index is 2.56. The fourth-order valence-electron chi connectivity index (χ4n) is 1.63. The molecule has 0 aromatic carbocycles. The lowest BCUT2D eigenvalue weighted by molar-refractivity contribution is 0.185. The van der Waals surface area contributed by atoms with E-state index in [0.29, 0.717) is 18.0 Å². The van der Waals surface area contributed by atoms with Crippen molar-refractivity contribution in [2.45, 2.75) is 18.6 Å². The van der Waals surface area contributed by atoms with E-state index in [0.717, 1.165) is 5.69 Å². The number of nitrogens with one attached hydrogen (secondary N) is 1. The van der Waals surface area contributed by atoms with Crippen molar-refractivity contribution in [1.29, 1.82) is 0 Å². The number of ether oxygens (including phenoxy) is 1. The van der Waals surface area contributed by atoms with Gasteiger partial charge in [0.25, 0.3) is 14.2 Å². The molecule has 0 saturated heterocycles. The summed E-state index contributed by atoms with van der Waals surface area (Å²) in [5.41, 5.74) is 1.42. The molecule has 0 fully saturated rings. The number of rotatable bonds is 5. The molecule has 1 N–H and O–H groups in total. The maximum absolute atomic E-state index is 11.5. The number of hydrogen-bond donors (Lipinski definition) is 1. The molecule has 2 aromatic rings. The van der Waals surface area contributed by atoms with Gasteiger partial charge in [-0.15, -0.1) is 10.2 Å². The molecule has 0 aliphatic carbocycles. The maximum Gasteiger partial charge on any atom is 0.296 e. The van der Waals surface area contributed by atoms with Gasteiger partial charge in [0.1, 0.15) is 0 Å². The van der Waals surface area contributed by atoms with Crippen LogP contribution in [0.1, 0.15) is 5.69 Å². The van der Waals surface area contributed by atoms with E-state index in [1.54, 1.807) is 13.1 Å². The summed E-state index contributed by atoms with van der Waals surface area (Å²) >= 11 is 0. The van der Waals surface area contributed by atoms with Crippen molar-refractivity contribution in [2.75, 3.05) is 13.7 Å². The van der Waals surface area contributed by atoms with Crippen molar-refractivity contribution in [3.05, 3.63) is 11.9 Å². The molecule has 0 spiro atoms. The highest BCUT2D eigenvalue weighted by atomic mass is 35.7. The van der Waals surface area contributed by atoms with Crippen LogP contribution in [0.5, 0.6) is 0 Å². The molecule has 0 amide bonds. The molecule has 2 heterocycles. The van der Waals surface area contributed by atoms with Gasteiger partial charge in [0.05, 0.1) is 24.9 Å². The summed E-state index contributed by atoms with van der Waals surface area (Å²) in [7, 11) is 2.89. The monoisotopic (exact) mass is 305 g/mol. The molecule has 8 nitrogen and oxygen atoms in total. The normalized spacial score (nSPS) is 11.9. The van der Waals surface area contributed by atoms with Crippen LogP contribution in [0.4, 0.5) is 0 Å². The van der Waals surface area contributed by atoms with Gasteiger partial charge in [-0.25, -0.2) is 8.42 Å². The van der Waals surface area contributed by atoms with Crippen molar-refractivity contribution in [3.8, 4) is 11.4 Å². The Labute approximate surface area is 114 Å². The van der Waals surface area contributed by atoms with Crippen LogP contribution in [0.25, 0.3) is 11.4 Å². The molecule has 2 rings (SSSR count). The Morgan fingerprint density at radius 1 is 1.47 bits per heavy atom. The van der Waals surface area contributed by atoms with Crippen LogP contribution in [0.15, 0.2) is 11.4 Å². The smallest absolute Gasteiger partial charge is 0.296 e. The first-order chi connectivity index (χ1) is 8.95. The minimum atomic E-state index is -3.97. The molecule has 2 aromatic heterocycles. The van der Waals surface area contributed by atoms with E-state index >= 15 is 0 Å². The summed E-state index contributed by atoms with van der Waals surface area (Å²) in [6.45, 7) is 2.37. The molecule has 0 radical (unpaired) electrons. The number of aromatic nitrogens is 5. The standard InChI is InChI=1S/C9H12ClN5O3S/c1-6-7(5-11-12-6)8-13-14-9(19(10,16)17)15(8)3-4-18-2/h5H,3-4H2,1-2H3,(H,11,12). The van der Waals surface area contributed by atoms with E-state index < -0.39 is 9.05 Å². The SMILES string of the molecule is COCCn1c(-c2cn[nH]c2C)nnc1S(=O)(=O)Cl. The third-order valence-corrected chi connectivity index (χ3v) is 3.68. The largest absolute Gasteiger partial charge is 0.383 e. The van der Waals surface area contributed by atoms with Crippen molar-refractivity contribution in [2.24, 2.45) is 0 Å². The van der Waals surface area contributed by atoms with Crippen LogP contribution in [0, 0.1) is 6.92 Å². The van der Waals surface area contributed by atoms with Crippen LogP contribution in [0.2, 0.25) is 0 Å². The van der Waals surface area contributed by atoms with Gasteiger partial charge in [0.15, 0.2) is 5.82 Å². The highest BCUT2D eigenvalue weighted by molar-refractivity contribution is 8.13. The van der Waals surface area contributed by atoms with E-state index in [1.807, 2.05) is 0 Å². The first-order valence-corrected chi connectivity index (χ1v) is 7.63. The quantitative estimate of drug-likeness (QED) is 0.809. The second kappa shape index (κ2) is 5.27. The Morgan fingerprint density at radius 2 is 2.21 bits per heavy atom. The molecular formula is C9H12ClN5O3S. The second-order valence-electron chi connectivity index (χ2n) is 3.80. The molecule has 104 valence electrons. The van der Waals surface area contributed by atoms with Gasteiger partial charge in [-0.2, -0.15) is 5.10 Å². The first kappa shape index (κ1) is 14.0. The van der Waals surface area contributed by atoms with Gasteiger partial charge >= 0.3 is 0 Å². The second-order valence-corrected chi connectivity index (χ2v) is 6.26. The summed E-state index contributed by atoms with van der Waals surface area (Å²) in [5.74, 6) is 0.377. The molecule has 0 bridgehead atoms. The Kier molecular flexibility index (Phi) is 3.88. The molecule has 0 atom stereocenters. The zero-order valence-electron chi connectivity index (χ0n) is 10.3. The predicted octanol–water partition coefficient (Wildman–Crippen LogP) is 0.551. The summed E-state index contributed by atoms with van der Waals surface area (Å²) in [4.78, 5) is 0. The molecule has 0 saturated carbocycles. The Morgan fingerprint density at radius 3 is 2.74 bits per heavy atom. The van der Waals surface area contributed by atoms with E-state index in [4.69, 9.17) is 15.4 Å². The van der Waals surface area contributed by atoms with Crippen LogP contribution in [-0.2, 0) is 20.3 Å². The number of nitrogens with zero attached hydrogens (tertiary/aromatic N) is 4. The van der Waals surface area contributed by atoms with Crippen molar-refractivity contribution >= 4 is 19.7 Å². The number of hydrogen-bond acceptors (Lipinski definition) is 6. The fourth-order valence-corrected chi connectivity index (χ4v) is 2.55. The summed E-state index contributed by atoms with van der Waals surface area (Å²) in [6, 6.07) is 0. The Bertz CT molecular complexity index is 678. The third kappa shape index (κ3) is 2.77. The van der Waals surface area contributed by atoms with Gasteiger partial charge in [-0.1, -0.05) is 0 Å². The summed E-state index contributed by atoms with van der Waals surface area (Å²) < 4.78 is 29.3. The van der Waals surface area contributed by atoms with E-state index in [1.165, 1.54) is 11.7 Å². The molecule has 19 heavy (non-hydrogen) atoms. The molecule has 0 aliphatic heterocycles. The van der Waals surface area contributed by atoms with Crippen molar-refractivity contribution in [3.63, 3.8) is 0 Å². The minimum absolute atomic E-state index is 0.269.